The molecule has 0 bridgehead atoms. The monoisotopic (exact) mass is 460 g/mol. The Kier molecular flexibility index (Phi) is 8.05. The van der Waals surface area contributed by atoms with Crippen molar-refractivity contribution in [1.82, 2.24) is 0 Å². The second-order valence-corrected chi connectivity index (χ2v) is 8.54. The van der Waals surface area contributed by atoms with Gasteiger partial charge in [0.05, 0.1) is 0 Å². The maximum Gasteiger partial charge on any atom is 0.331 e. The summed E-state index contributed by atoms with van der Waals surface area (Å²) in [7, 11) is 0. The van der Waals surface area contributed by atoms with E-state index < -0.39 is 17.1 Å². The smallest absolute Gasteiger partial charge is 0.331 e. The van der Waals surface area contributed by atoms with Crippen LogP contribution in [0, 0.1) is 6.92 Å². The number of nitrogens with one attached hydrogen (secondary N) is 2. The molecule has 0 aliphatic rings. The van der Waals surface area contributed by atoms with E-state index in [1.54, 1.807) is 12.1 Å². The number of aryl methyl sites for hydroxylation is 1. The number of anilines is 2. The Morgan fingerprint density at radius 3 is 2.15 bits per heavy atom. The van der Waals surface area contributed by atoms with Crippen molar-refractivity contribution >= 4 is 40.9 Å². The molecule has 0 aliphatic carbocycles. The highest BCUT2D eigenvalue weighted by molar-refractivity contribution is 8.00. The standard InChI is InChI=1S/C26H24N2O4S/c1-17-8-6-7-11-22(17)28-25(30)24(19-9-4-3-5-10-19)33-21-14-12-20(13-15-21)27-23(29)16-18(2)26(31)32/h3-16,24H,1-2H3,(H,27,29)(H,28,30)(H,31,32). The summed E-state index contributed by atoms with van der Waals surface area (Å²) in [4.78, 5) is 36.9. The van der Waals surface area contributed by atoms with Crippen LogP contribution in [0.25, 0.3) is 0 Å². The van der Waals surface area contributed by atoms with Crippen LogP contribution in [0.2, 0.25) is 0 Å². The van der Waals surface area contributed by atoms with E-state index in [-0.39, 0.29) is 11.5 Å². The minimum atomic E-state index is -1.15. The summed E-state index contributed by atoms with van der Waals surface area (Å²) in [5.41, 5.74) is 3.10. The lowest BCUT2D eigenvalue weighted by Gasteiger charge is -2.18. The number of thioether (sulfide) groups is 1. The summed E-state index contributed by atoms with van der Waals surface area (Å²) >= 11 is 1.40. The summed E-state index contributed by atoms with van der Waals surface area (Å²) < 4.78 is 0. The van der Waals surface area contributed by atoms with Gasteiger partial charge in [-0.2, -0.15) is 0 Å². The van der Waals surface area contributed by atoms with Gasteiger partial charge in [0.15, 0.2) is 0 Å². The molecule has 33 heavy (non-hydrogen) atoms. The molecule has 0 saturated carbocycles. The van der Waals surface area contributed by atoms with Crippen LogP contribution in [0.3, 0.4) is 0 Å². The molecule has 0 saturated heterocycles. The molecule has 2 amide bonds. The number of hydrogen-bond donors (Lipinski definition) is 3. The Hall–Kier alpha value is -3.84. The van der Waals surface area contributed by atoms with E-state index in [0.717, 1.165) is 27.8 Å². The number of carboxylic acids is 1. The van der Waals surface area contributed by atoms with E-state index in [1.807, 2.05) is 73.7 Å². The number of carbonyl (C=O) groups is 3. The average molecular weight is 461 g/mol. The molecule has 1 atom stereocenters. The van der Waals surface area contributed by atoms with Crippen LogP contribution in [0.5, 0.6) is 0 Å². The fourth-order valence-corrected chi connectivity index (χ4v) is 4.03. The zero-order valence-electron chi connectivity index (χ0n) is 18.2. The van der Waals surface area contributed by atoms with Crippen LogP contribution in [0.4, 0.5) is 11.4 Å². The van der Waals surface area contributed by atoms with Crippen molar-refractivity contribution in [1.29, 1.82) is 0 Å². The van der Waals surface area contributed by atoms with Gasteiger partial charge in [0.2, 0.25) is 11.8 Å². The summed E-state index contributed by atoms with van der Waals surface area (Å²) in [6, 6.07) is 24.2. The van der Waals surface area contributed by atoms with Gasteiger partial charge in [-0.3, -0.25) is 9.59 Å². The third-order valence-electron chi connectivity index (χ3n) is 4.80. The highest BCUT2D eigenvalue weighted by atomic mass is 32.2. The predicted octanol–water partition coefficient (Wildman–Crippen LogP) is 5.44. The summed E-state index contributed by atoms with van der Waals surface area (Å²) in [5, 5.41) is 14.1. The summed E-state index contributed by atoms with van der Waals surface area (Å²) in [5.74, 6) is -1.80. The molecule has 3 rings (SSSR count). The Balaban J connectivity index is 1.76. The molecule has 0 aromatic heterocycles. The van der Waals surface area contributed by atoms with Gasteiger partial charge in [0.25, 0.3) is 0 Å². The van der Waals surface area contributed by atoms with Crippen LogP contribution >= 0.6 is 11.8 Å². The van der Waals surface area contributed by atoms with E-state index >= 15 is 0 Å². The van der Waals surface area contributed by atoms with Crippen molar-refractivity contribution in [3.8, 4) is 0 Å². The molecule has 0 heterocycles. The van der Waals surface area contributed by atoms with E-state index in [2.05, 4.69) is 10.6 Å². The van der Waals surface area contributed by atoms with Gasteiger partial charge in [-0.25, -0.2) is 4.79 Å². The zero-order valence-corrected chi connectivity index (χ0v) is 19.1. The number of benzene rings is 3. The normalized spacial score (nSPS) is 12.0. The highest BCUT2D eigenvalue weighted by Crippen LogP contribution is 2.37. The van der Waals surface area contributed by atoms with E-state index in [9.17, 15) is 14.4 Å². The number of para-hydroxylation sites is 1. The number of aliphatic carboxylic acids is 1. The van der Waals surface area contributed by atoms with Gasteiger partial charge in [-0.1, -0.05) is 48.5 Å². The summed E-state index contributed by atoms with van der Waals surface area (Å²) in [6.45, 7) is 3.30. The third kappa shape index (κ3) is 6.82. The van der Waals surface area contributed by atoms with E-state index in [1.165, 1.54) is 18.7 Å². The largest absolute Gasteiger partial charge is 0.478 e. The number of hydrogen-bond acceptors (Lipinski definition) is 4. The molecule has 0 fully saturated rings. The molecule has 0 aliphatic heterocycles. The average Bonchev–Trinajstić information content (AvgIpc) is 2.80. The number of rotatable bonds is 8. The lowest BCUT2D eigenvalue weighted by atomic mass is 10.1. The Bertz CT molecular complexity index is 1170. The Morgan fingerprint density at radius 1 is 0.879 bits per heavy atom. The molecule has 0 spiro atoms. The fraction of sp³-hybridized carbons (Fsp3) is 0.115. The molecular formula is C26H24N2O4S. The lowest BCUT2D eigenvalue weighted by Crippen LogP contribution is -2.19. The van der Waals surface area contributed by atoms with Gasteiger partial charge >= 0.3 is 5.97 Å². The van der Waals surface area contributed by atoms with Crippen molar-refractivity contribution in [3.63, 3.8) is 0 Å². The number of carbonyl (C=O) groups excluding carboxylic acids is 2. The second kappa shape index (κ2) is 11.2. The number of amides is 2. The Labute approximate surface area is 196 Å². The molecular weight excluding hydrogens is 436 g/mol. The van der Waals surface area contributed by atoms with Crippen molar-refractivity contribution < 1.29 is 19.5 Å². The Morgan fingerprint density at radius 2 is 1.52 bits per heavy atom. The van der Waals surface area contributed by atoms with E-state index in [0.29, 0.717) is 5.69 Å². The highest BCUT2D eigenvalue weighted by Gasteiger charge is 2.22. The zero-order chi connectivity index (χ0) is 23.8. The van der Waals surface area contributed by atoms with Gasteiger partial charge in [-0.05, 0) is 55.3 Å². The molecule has 3 aromatic rings. The molecule has 1 unspecified atom stereocenters. The molecule has 168 valence electrons. The van der Waals surface area contributed by atoms with Crippen LogP contribution in [-0.2, 0) is 14.4 Å². The van der Waals surface area contributed by atoms with Crippen molar-refractivity contribution in [3.05, 3.63) is 102 Å². The first-order chi connectivity index (χ1) is 15.8. The first-order valence-corrected chi connectivity index (χ1v) is 11.1. The van der Waals surface area contributed by atoms with Gasteiger partial charge in [0.1, 0.15) is 5.25 Å². The minimum absolute atomic E-state index is 0.0509. The number of carboxylic acid groups (broad SMARTS) is 1. The second-order valence-electron chi connectivity index (χ2n) is 7.36. The van der Waals surface area contributed by atoms with Gasteiger partial charge < -0.3 is 15.7 Å². The van der Waals surface area contributed by atoms with Crippen LogP contribution in [0.1, 0.15) is 23.3 Å². The van der Waals surface area contributed by atoms with Crippen LogP contribution in [0.15, 0.2) is 95.4 Å². The van der Waals surface area contributed by atoms with Gasteiger partial charge in [-0.15, -0.1) is 11.8 Å². The maximum atomic E-state index is 13.2. The minimum Gasteiger partial charge on any atom is -0.478 e. The molecule has 6 nitrogen and oxygen atoms in total. The van der Waals surface area contributed by atoms with Crippen LogP contribution < -0.4 is 10.6 Å². The quantitative estimate of drug-likeness (QED) is 0.307. The first kappa shape index (κ1) is 23.8. The molecule has 0 radical (unpaired) electrons. The summed E-state index contributed by atoms with van der Waals surface area (Å²) in [6.07, 6.45) is 1.03. The van der Waals surface area contributed by atoms with Crippen molar-refractivity contribution in [2.75, 3.05) is 10.6 Å². The molecule has 3 N–H and O–H groups in total. The van der Waals surface area contributed by atoms with E-state index in [4.69, 9.17) is 5.11 Å². The van der Waals surface area contributed by atoms with Crippen LogP contribution in [-0.4, -0.2) is 22.9 Å². The fourth-order valence-electron chi connectivity index (χ4n) is 3.00. The lowest BCUT2D eigenvalue weighted by molar-refractivity contribution is -0.132. The van der Waals surface area contributed by atoms with Crippen molar-refractivity contribution in [2.24, 2.45) is 0 Å². The predicted molar refractivity (Wildman–Crippen MR) is 131 cm³/mol. The first-order valence-electron chi connectivity index (χ1n) is 10.2. The topological polar surface area (TPSA) is 95.5 Å². The van der Waals surface area contributed by atoms with Crippen molar-refractivity contribution in [2.45, 2.75) is 24.0 Å². The molecule has 7 heteroatoms. The maximum absolute atomic E-state index is 13.2. The third-order valence-corrected chi connectivity index (χ3v) is 6.07. The van der Waals surface area contributed by atoms with Gasteiger partial charge in [0, 0.05) is 27.9 Å². The SMILES string of the molecule is CC(=CC(=O)Nc1ccc(SC(C(=O)Nc2ccccc2C)c2ccccc2)cc1)C(=O)O. The molecule has 3 aromatic carbocycles.